The first kappa shape index (κ1) is 12.0. The molecule has 0 spiro atoms. The maximum absolute atomic E-state index is 12.7. The largest absolute Gasteiger partial charge is 0.325 e. The molecule has 0 aromatic carbocycles. The first-order valence-electron chi connectivity index (χ1n) is 4.05. The number of hydrogen-bond donors (Lipinski definition) is 2. The number of nitrogens with two attached hydrogens (primary N) is 1. The van der Waals surface area contributed by atoms with E-state index in [0.29, 0.717) is 6.54 Å². The van der Waals surface area contributed by atoms with E-state index in [-0.39, 0.29) is 6.54 Å². The lowest BCUT2D eigenvalue weighted by Crippen LogP contribution is -2.38. The summed E-state index contributed by atoms with van der Waals surface area (Å²) >= 11 is 4.81. The lowest BCUT2D eigenvalue weighted by molar-refractivity contribution is 0.0116. The van der Waals surface area contributed by atoms with Crippen molar-refractivity contribution in [3.63, 3.8) is 0 Å². The summed E-state index contributed by atoms with van der Waals surface area (Å²) in [5.41, 5.74) is 4.89. The Morgan fingerprint density at radius 1 is 1.57 bits per heavy atom. The number of alkyl halides is 2. The molecular formula is C8H11BrF2N2S. The average Bonchev–Trinajstić information content (AvgIpc) is 2.51. The number of hydrogen-bond acceptors (Lipinski definition) is 3. The molecule has 1 aromatic heterocycles. The molecule has 0 saturated carbocycles. The van der Waals surface area contributed by atoms with E-state index in [1.165, 1.54) is 11.3 Å². The Bertz CT molecular complexity index is 291. The number of nitrogens with one attached hydrogen (secondary N) is 1. The molecule has 0 aliphatic heterocycles. The minimum Gasteiger partial charge on any atom is -0.325 e. The summed E-state index contributed by atoms with van der Waals surface area (Å²) in [5, 5.41) is 4.58. The predicted octanol–water partition coefficient (Wildman–Crippen LogP) is 2.19. The Hall–Kier alpha value is -0.0400. The highest BCUT2D eigenvalue weighted by Crippen LogP contribution is 2.19. The van der Waals surface area contributed by atoms with Gasteiger partial charge in [-0.05, 0) is 22.0 Å². The zero-order valence-electron chi connectivity index (χ0n) is 7.40. The summed E-state index contributed by atoms with van der Waals surface area (Å²) in [7, 11) is 0. The minimum absolute atomic E-state index is 0.376. The molecule has 80 valence electrons. The lowest BCUT2D eigenvalue weighted by atomic mass is 10.3. The van der Waals surface area contributed by atoms with Crippen LogP contribution in [-0.4, -0.2) is 19.0 Å². The van der Waals surface area contributed by atoms with Crippen molar-refractivity contribution in [3.8, 4) is 0 Å². The van der Waals surface area contributed by atoms with E-state index in [2.05, 4.69) is 21.2 Å². The fourth-order valence-electron chi connectivity index (χ4n) is 0.887. The van der Waals surface area contributed by atoms with Crippen molar-refractivity contribution >= 4 is 27.3 Å². The third-order valence-corrected chi connectivity index (χ3v) is 3.30. The molecular weight excluding hydrogens is 274 g/mol. The normalized spacial score (nSPS) is 12.0. The van der Waals surface area contributed by atoms with Crippen LogP contribution in [0.15, 0.2) is 15.9 Å². The predicted molar refractivity (Wildman–Crippen MR) is 57.7 cm³/mol. The van der Waals surface area contributed by atoms with Crippen LogP contribution in [0.4, 0.5) is 8.78 Å². The van der Waals surface area contributed by atoms with E-state index >= 15 is 0 Å². The van der Waals surface area contributed by atoms with Crippen LogP contribution in [0.25, 0.3) is 0 Å². The summed E-state index contributed by atoms with van der Waals surface area (Å²) < 4.78 is 26.3. The lowest BCUT2D eigenvalue weighted by Gasteiger charge is -2.13. The zero-order chi connectivity index (χ0) is 10.6. The quantitative estimate of drug-likeness (QED) is 0.870. The SMILES string of the molecule is NCC(F)(F)CNCc1cc(Br)cs1. The molecule has 0 bridgehead atoms. The Kier molecular flexibility index (Phi) is 4.43. The maximum atomic E-state index is 12.7. The third kappa shape index (κ3) is 4.00. The van der Waals surface area contributed by atoms with Gasteiger partial charge in [-0.2, -0.15) is 0 Å². The van der Waals surface area contributed by atoms with Gasteiger partial charge in [-0.3, -0.25) is 0 Å². The topological polar surface area (TPSA) is 38.0 Å². The van der Waals surface area contributed by atoms with Crippen molar-refractivity contribution < 1.29 is 8.78 Å². The fourth-order valence-corrected chi connectivity index (χ4v) is 2.31. The maximum Gasteiger partial charge on any atom is 0.272 e. The third-order valence-electron chi connectivity index (χ3n) is 1.60. The Morgan fingerprint density at radius 2 is 2.29 bits per heavy atom. The van der Waals surface area contributed by atoms with Crippen molar-refractivity contribution in [1.29, 1.82) is 0 Å². The smallest absolute Gasteiger partial charge is 0.272 e. The van der Waals surface area contributed by atoms with Crippen LogP contribution in [0.1, 0.15) is 4.88 Å². The molecule has 1 aromatic rings. The second-order valence-corrected chi connectivity index (χ2v) is 4.81. The van der Waals surface area contributed by atoms with Crippen molar-refractivity contribution in [2.45, 2.75) is 12.5 Å². The molecule has 0 fully saturated rings. The van der Waals surface area contributed by atoms with Crippen LogP contribution in [0.2, 0.25) is 0 Å². The van der Waals surface area contributed by atoms with E-state index in [0.717, 1.165) is 9.35 Å². The second-order valence-electron chi connectivity index (χ2n) is 2.89. The van der Waals surface area contributed by atoms with Gasteiger partial charge >= 0.3 is 0 Å². The minimum atomic E-state index is -2.81. The molecule has 14 heavy (non-hydrogen) atoms. The van der Waals surface area contributed by atoms with Gasteiger partial charge in [0, 0.05) is 21.3 Å². The number of thiophene rings is 1. The summed E-state index contributed by atoms with van der Waals surface area (Å²) in [5.74, 6) is -2.81. The number of halogens is 3. The summed E-state index contributed by atoms with van der Waals surface area (Å²) in [6.07, 6.45) is 0. The van der Waals surface area contributed by atoms with Crippen molar-refractivity contribution in [1.82, 2.24) is 5.32 Å². The van der Waals surface area contributed by atoms with Gasteiger partial charge in [-0.15, -0.1) is 11.3 Å². The monoisotopic (exact) mass is 284 g/mol. The summed E-state index contributed by atoms with van der Waals surface area (Å²) in [6, 6.07) is 1.90. The van der Waals surface area contributed by atoms with Crippen molar-refractivity contribution in [3.05, 3.63) is 20.8 Å². The molecule has 0 amide bonds. The first-order chi connectivity index (χ1) is 6.53. The highest BCUT2D eigenvalue weighted by molar-refractivity contribution is 9.10. The van der Waals surface area contributed by atoms with Crippen LogP contribution in [0, 0.1) is 0 Å². The molecule has 0 saturated heterocycles. The number of rotatable bonds is 5. The van der Waals surface area contributed by atoms with Gasteiger partial charge in [0.05, 0.1) is 13.1 Å². The Labute approximate surface area is 93.6 Å². The average molecular weight is 285 g/mol. The molecule has 0 atom stereocenters. The molecule has 0 unspecified atom stereocenters. The standard InChI is InChI=1S/C8H11BrF2N2S/c9-6-1-7(14-3-6)2-13-5-8(10,11)4-12/h1,3,13H,2,4-5,12H2. The van der Waals surface area contributed by atoms with E-state index in [1.54, 1.807) is 0 Å². The van der Waals surface area contributed by atoms with Gasteiger partial charge in [0.25, 0.3) is 5.92 Å². The van der Waals surface area contributed by atoms with Crippen LogP contribution in [0.5, 0.6) is 0 Å². The van der Waals surface area contributed by atoms with Gasteiger partial charge in [0.1, 0.15) is 0 Å². The highest BCUT2D eigenvalue weighted by atomic mass is 79.9. The van der Waals surface area contributed by atoms with Gasteiger partial charge in [0.2, 0.25) is 0 Å². The van der Waals surface area contributed by atoms with Crippen LogP contribution < -0.4 is 11.1 Å². The molecule has 0 aliphatic rings. The highest BCUT2D eigenvalue weighted by Gasteiger charge is 2.25. The summed E-state index contributed by atoms with van der Waals surface area (Å²) in [6.45, 7) is -0.543. The van der Waals surface area contributed by atoms with Gasteiger partial charge in [0.15, 0.2) is 0 Å². The summed E-state index contributed by atoms with van der Waals surface area (Å²) in [4.78, 5) is 1.02. The van der Waals surface area contributed by atoms with Gasteiger partial charge in [-0.1, -0.05) is 0 Å². The zero-order valence-corrected chi connectivity index (χ0v) is 9.80. The Balaban J connectivity index is 2.28. The molecule has 1 heterocycles. The van der Waals surface area contributed by atoms with E-state index in [9.17, 15) is 8.78 Å². The van der Waals surface area contributed by atoms with Gasteiger partial charge in [-0.25, -0.2) is 8.78 Å². The molecule has 0 radical (unpaired) electrons. The van der Waals surface area contributed by atoms with Gasteiger partial charge < -0.3 is 11.1 Å². The Morgan fingerprint density at radius 3 is 2.79 bits per heavy atom. The van der Waals surface area contributed by atoms with E-state index in [4.69, 9.17) is 5.73 Å². The van der Waals surface area contributed by atoms with Crippen LogP contribution in [0.3, 0.4) is 0 Å². The molecule has 6 heteroatoms. The molecule has 2 nitrogen and oxygen atoms in total. The fraction of sp³-hybridized carbons (Fsp3) is 0.500. The molecule has 0 aliphatic carbocycles. The molecule has 1 rings (SSSR count). The van der Waals surface area contributed by atoms with E-state index < -0.39 is 12.5 Å². The van der Waals surface area contributed by atoms with Crippen LogP contribution >= 0.6 is 27.3 Å². The van der Waals surface area contributed by atoms with Crippen LogP contribution in [-0.2, 0) is 6.54 Å². The van der Waals surface area contributed by atoms with Crippen molar-refractivity contribution in [2.75, 3.05) is 13.1 Å². The van der Waals surface area contributed by atoms with Crippen molar-refractivity contribution in [2.24, 2.45) is 5.73 Å². The van der Waals surface area contributed by atoms with E-state index in [1.807, 2.05) is 11.4 Å². The second kappa shape index (κ2) is 5.16. The molecule has 3 N–H and O–H groups in total. The first-order valence-corrected chi connectivity index (χ1v) is 5.72.